The van der Waals surface area contributed by atoms with Gasteiger partial charge < -0.3 is 14.4 Å². The van der Waals surface area contributed by atoms with Crippen molar-refractivity contribution in [2.75, 3.05) is 33.2 Å². The van der Waals surface area contributed by atoms with E-state index in [2.05, 4.69) is 61.9 Å². The van der Waals surface area contributed by atoms with Crippen molar-refractivity contribution in [3.8, 4) is 0 Å². The molecule has 1 atom stereocenters. The fourth-order valence-corrected chi connectivity index (χ4v) is 4.23. The Morgan fingerprint density at radius 2 is 2.00 bits per heavy atom. The summed E-state index contributed by atoms with van der Waals surface area (Å²) in [6, 6.07) is 10.7. The zero-order valence-corrected chi connectivity index (χ0v) is 15.3. The second-order valence-corrected chi connectivity index (χ2v) is 7.59. The zero-order valence-electron chi connectivity index (χ0n) is 15.3. The number of likely N-dealkylation sites (N-methyl/N-ethyl adjacent to an activating group) is 1. The monoisotopic (exact) mass is 339 g/mol. The molecule has 5 heteroatoms. The molecule has 3 heterocycles. The molecule has 5 nitrogen and oxygen atoms in total. The highest BCUT2D eigenvalue weighted by Crippen LogP contribution is 2.28. The average molecular weight is 339 g/mol. The fraction of sp³-hybridized carbons (Fsp3) is 0.600. The van der Waals surface area contributed by atoms with Crippen molar-refractivity contribution >= 4 is 0 Å². The van der Waals surface area contributed by atoms with Gasteiger partial charge in [-0.15, -0.1) is 10.2 Å². The number of aromatic nitrogens is 3. The number of likely N-dealkylation sites (tertiary alicyclic amines) is 1. The lowest BCUT2D eigenvalue weighted by Gasteiger charge is -2.33. The van der Waals surface area contributed by atoms with Crippen LogP contribution in [-0.2, 0) is 19.5 Å². The van der Waals surface area contributed by atoms with Crippen molar-refractivity contribution in [3.05, 3.63) is 47.5 Å². The Kier molecular flexibility index (Phi) is 5.13. The number of aryl methyl sites for hydroxylation is 1. The maximum absolute atomic E-state index is 4.52. The van der Waals surface area contributed by atoms with Crippen molar-refractivity contribution in [1.82, 2.24) is 24.6 Å². The summed E-state index contributed by atoms with van der Waals surface area (Å²) in [6.45, 7) is 6.75. The van der Waals surface area contributed by atoms with E-state index in [4.69, 9.17) is 0 Å². The first-order valence-corrected chi connectivity index (χ1v) is 9.66. The molecule has 2 aliphatic rings. The van der Waals surface area contributed by atoms with Crippen molar-refractivity contribution in [3.63, 3.8) is 0 Å². The van der Waals surface area contributed by atoms with E-state index in [1.165, 1.54) is 43.0 Å². The third kappa shape index (κ3) is 3.93. The molecule has 4 rings (SSSR count). The molecule has 25 heavy (non-hydrogen) atoms. The zero-order chi connectivity index (χ0) is 17.1. The minimum absolute atomic E-state index is 0.563. The van der Waals surface area contributed by atoms with Gasteiger partial charge in [-0.1, -0.05) is 30.3 Å². The highest BCUT2D eigenvalue weighted by molar-refractivity contribution is 5.14. The molecule has 0 radical (unpaired) electrons. The van der Waals surface area contributed by atoms with Crippen LogP contribution in [0.5, 0.6) is 0 Å². The lowest BCUT2D eigenvalue weighted by atomic mass is 9.97. The van der Waals surface area contributed by atoms with Crippen LogP contribution in [0.2, 0.25) is 0 Å². The minimum atomic E-state index is 0.563. The molecule has 1 unspecified atom stereocenters. The van der Waals surface area contributed by atoms with E-state index in [1.54, 1.807) is 0 Å². The van der Waals surface area contributed by atoms with Crippen LogP contribution in [0.3, 0.4) is 0 Å². The summed E-state index contributed by atoms with van der Waals surface area (Å²) in [5.74, 6) is 3.01. The Balaban J connectivity index is 1.29. The van der Waals surface area contributed by atoms with E-state index in [9.17, 15) is 0 Å². The van der Waals surface area contributed by atoms with Crippen LogP contribution in [-0.4, -0.2) is 57.8 Å². The summed E-state index contributed by atoms with van der Waals surface area (Å²) in [6.07, 6.45) is 4.87. The highest BCUT2D eigenvalue weighted by Gasteiger charge is 2.28. The molecule has 1 aromatic carbocycles. The Labute approximate surface area is 150 Å². The number of benzene rings is 1. The second-order valence-electron chi connectivity index (χ2n) is 7.59. The van der Waals surface area contributed by atoms with Gasteiger partial charge in [-0.2, -0.15) is 0 Å². The van der Waals surface area contributed by atoms with Crippen molar-refractivity contribution in [2.24, 2.45) is 0 Å². The molecule has 0 aliphatic carbocycles. The average Bonchev–Trinajstić information content (AvgIpc) is 3.25. The van der Waals surface area contributed by atoms with E-state index in [1.807, 2.05) is 0 Å². The Bertz CT molecular complexity index is 681. The number of nitrogens with zero attached hydrogens (tertiary/aromatic N) is 5. The highest BCUT2D eigenvalue weighted by atomic mass is 15.3. The van der Waals surface area contributed by atoms with Gasteiger partial charge in [0, 0.05) is 45.1 Å². The molecule has 0 bridgehead atoms. The Morgan fingerprint density at radius 3 is 2.88 bits per heavy atom. The molecule has 134 valence electrons. The second kappa shape index (κ2) is 7.67. The van der Waals surface area contributed by atoms with Gasteiger partial charge in [0.15, 0.2) is 0 Å². The summed E-state index contributed by atoms with van der Waals surface area (Å²) < 4.78 is 2.38. The van der Waals surface area contributed by atoms with Crippen LogP contribution >= 0.6 is 0 Å². The van der Waals surface area contributed by atoms with E-state index in [0.29, 0.717) is 5.92 Å². The number of fused-ring (bicyclic) bond motifs is 1. The van der Waals surface area contributed by atoms with Crippen LogP contribution in [0.15, 0.2) is 30.3 Å². The molecule has 1 fully saturated rings. The molecule has 2 aromatic rings. The number of rotatable bonds is 6. The smallest absolute Gasteiger partial charge is 0.137 e. The largest absolute Gasteiger partial charge is 0.315 e. The van der Waals surface area contributed by atoms with Gasteiger partial charge in [-0.25, -0.2) is 0 Å². The van der Waals surface area contributed by atoms with Crippen LogP contribution in [0, 0.1) is 0 Å². The first-order chi connectivity index (χ1) is 12.3. The molecule has 0 saturated carbocycles. The molecule has 0 amide bonds. The molecule has 2 aliphatic heterocycles. The van der Waals surface area contributed by atoms with Crippen molar-refractivity contribution in [2.45, 2.75) is 44.7 Å². The topological polar surface area (TPSA) is 37.2 Å². The summed E-state index contributed by atoms with van der Waals surface area (Å²) >= 11 is 0. The normalized spacial score (nSPS) is 21.0. The molecule has 0 N–H and O–H groups in total. The summed E-state index contributed by atoms with van der Waals surface area (Å²) in [5, 5.41) is 8.93. The molecular formula is C20H29N5. The molecule has 1 saturated heterocycles. The SMILES string of the molecule is CN(CCN1CCCC(c2nnc3n2CCC3)C1)Cc1ccccc1. The van der Waals surface area contributed by atoms with Crippen LogP contribution in [0.4, 0.5) is 0 Å². The first-order valence-electron chi connectivity index (χ1n) is 9.66. The van der Waals surface area contributed by atoms with Crippen molar-refractivity contribution in [1.29, 1.82) is 0 Å². The third-order valence-electron chi connectivity index (χ3n) is 5.60. The quantitative estimate of drug-likeness (QED) is 0.810. The number of hydrogen-bond acceptors (Lipinski definition) is 4. The predicted molar refractivity (Wildman–Crippen MR) is 99.5 cm³/mol. The molecule has 1 aromatic heterocycles. The fourth-order valence-electron chi connectivity index (χ4n) is 4.23. The van der Waals surface area contributed by atoms with Crippen LogP contribution < -0.4 is 0 Å². The summed E-state index contributed by atoms with van der Waals surface area (Å²) in [7, 11) is 2.22. The summed E-state index contributed by atoms with van der Waals surface area (Å²) in [4.78, 5) is 5.04. The third-order valence-corrected chi connectivity index (χ3v) is 5.60. The van der Waals surface area contributed by atoms with Gasteiger partial charge in [-0.3, -0.25) is 0 Å². The van der Waals surface area contributed by atoms with Gasteiger partial charge in [-0.05, 0) is 38.4 Å². The van der Waals surface area contributed by atoms with E-state index in [-0.39, 0.29) is 0 Å². The predicted octanol–water partition coefficient (Wildman–Crippen LogP) is 2.54. The van der Waals surface area contributed by atoms with Crippen LogP contribution in [0.1, 0.15) is 42.4 Å². The van der Waals surface area contributed by atoms with E-state index < -0.39 is 0 Å². The lowest BCUT2D eigenvalue weighted by molar-refractivity contribution is 0.175. The van der Waals surface area contributed by atoms with Gasteiger partial charge in [0.2, 0.25) is 0 Å². The lowest BCUT2D eigenvalue weighted by Crippen LogP contribution is -2.39. The minimum Gasteiger partial charge on any atom is -0.315 e. The van der Waals surface area contributed by atoms with Gasteiger partial charge >= 0.3 is 0 Å². The van der Waals surface area contributed by atoms with Crippen LogP contribution in [0.25, 0.3) is 0 Å². The Morgan fingerprint density at radius 1 is 1.12 bits per heavy atom. The van der Waals surface area contributed by atoms with Gasteiger partial charge in [0.05, 0.1) is 0 Å². The van der Waals surface area contributed by atoms with E-state index in [0.717, 1.165) is 39.1 Å². The number of hydrogen-bond donors (Lipinski definition) is 0. The maximum atomic E-state index is 4.52. The number of piperidine rings is 1. The first kappa shape index (κ1) is 16.7. The van der Waals surface area contributed by atoms with E-state index >= 15 is 0 Å². The standard InChI is InChI=1S/C20H29N5/c1-23(15-17-7-3-2-4-8-17)13-14-24-11-5-9-18(16-24)20-22-21-19-10-6-12-25(19)20/h2-4,7-8,18H,5-6,9-16H2,1H3. The summed E-state index contributed by atoms with van der Waals surface area (Å²) in [5.41, 5.74) is 1.39. The molecular weight excluding hydrogens is 310 g/mol. The van der Waals surface area contributed by atoms with Gasteiger partial charge in [0.25, 0.3) is 0 Å². The van der Waals surface area contributed by atoms with Crippen molar-refractivity contribution < 1.29 is 0 Å². The van der Waals surface area contributed by atoms with Gasteiger partial charge in [0.1, 0.15) is 11.6 Å². The molecule has 0 spiro atoms. The maximum Gasteiger partial charge on any atom is 0.137 e. The Hall–Kier alpha value is -1.72.